The summed E-state index contributed by atoms with van der Waals surface area (Å²) in [5.41, 5.74) is 0.745. The Morgan fingerprint density at radius 1 is 1.68 bits per heavy atom. The third-order valence-electron chi connectivity index (χ3n) is 3.39. The molecule has 0 bridgehead atoms. The van der Waals surface area contributed by atoms with Gasteiger partial charge in [-0.25, -0.2) is 4.98 Å². The molecule has 0 amide bonds. The number of aliphatic carboxylic acids is 1. The van der Waals surface area contributed by atoms with Crippen LogP contribution < -0.4 is 4.90 Å². The Morgan fingerprint density at radius 3 is 3.11 bits per heavy atom. The highest BCUT2D eigenvalue weighted by molar-refractivity contribution is 7.15. The summed E-state index contributed by atoms with van der Waals surface area (Å²) in [6.45, 7) is 3.45. The van der Waals surface area contributed by atoms with Crippen molar-refractivity contribution in [3.8, 4) is 6.07 Å². The molecule has 1 atom stereocenters. The van der Waals surface area contributed by atoms with Crippen LogP contribution >= 0.6 is 11.3 Å². The Hall–Kier alpha value is -1.61. The lowest BCUT2D eigenvalue weighted by molar-refractivity contribution is -0.139. The predicted octanol–water partition coefficient (Wildman–Crippen LogP) is 2.39. The molecule has 1 heterocycles. The first kappa shape index (κ1) is 13.8. The van der Waals surface area contributed by atoms with E-state index in [2.05, 4.69) is 11.1 Å². The fourth-order valence-corrected chi connectivity index (χ4v) is 3.61. The van der Waals surface area contributed by atoms with E-state index in [0.717, 1.165) is 35.1 Å². The molecule has 0 aliphatic heterocycles. The van der Waals surface area contributed by atoms with Gasteiger partial charge >= 0.3 is 5.97 Å². The second-order valence-electron chi connectivity index (χ2n) is 4.58. The first-order valence-corrected chi connectivity index (χ1v) is 7.33. The number of nitriles is 1. The van der Waals surface area contributed by atoms with Crippen LogP contribution in [0.2, 0.25) is 0 Å². The summed E-state index contributed by atoms with van der Waals surface area (Å²) in [7, 11) is 0. The molecule has 6 heteroatoms. The second-order valence-corrected chi connectivity index (χ2v) is 5.64. The maximum atomic E-state index is 11.2. The number of hydrogen-bond acceptors (Lipinski definition) is 5. The highest BCUT2D eigenvalue weighted by Gasteiger charge is 2.30. The van der Waals surface area contributed by atoms with Gasteiger partial charge in [0.05, 0.1) is 18.2 Å². The first-order valence-electron chi connectivity index (χ1n) is 6.51. The van der Waals surface area contributed by atoms with Gasteiger partial charge in [-0.3, -0.25) is 4.79 Å². The van der Waals surface area contributed by atoms with Gasteiger partial charge in [-0.05, 0) is 26.2 Å². The van der Waals surface area contributed by atoms with E-state index in [1.807, 2.05) is 11.8 Å². The molecule has 1 aromatic rings. The van der Waals surface area contributed by atoms with Gasteiger partial charge in [-0.2, -0.15) is 5.26 Å². The van der Waals surface area contributed by atoms with Gasteiger partial charge in [0.15, 0.2) is 5.13 Å². The van der Waals surface area contributed by atoms with Crippen molar-refractivity contribution in [3.05, 3.63) is 10.6 Å². The number of fused-ring (bicyclic) bond motifs is 1. The number of anilines is 1. The van der Waals surface area contributed by atoms with Crippen molar-refractivity contribution in [3.63, 3.8) is 0 Å². The molecule has 0 spiro atoms. The van der Waals surface area contributed by atoms with E-state index < -0.39 is 11.9 Å². The van der Waals surface area contributed by atoms with Crippen molar-refractivity contribution in [1.82, 2.24) is 4.98 Å². The first-order chi connectivity index (χ1) is 9.17. The van der Waals surface area contributed by atoms with Gasteiger partial charge in [-0.1, -0.05) is 0 Å². The molecule has 0 radical (unpaired) electrons. The largest absolute Gasteiger partial charge is 0.481 e. The summed E-state index contributed by atoms with van der Waals surface area (Å²) in [5.74, 6) is -1.23. The van der Waals surface area contributed by atoms with Crippen LogP contribution in [0.5, 0.6) is 0 Å². The molecule has 0 aromatic carbocycles. The molecule has 1 aliphatic carbocycles. The Bertz CT molecular complexity index is 506. The Balaban J connectivity index is 2.25. The number of aromatic nitrogens is 1. The van der Waals surface area contributed by atoms with E-state index in [4.69, 9.17) is 5.26 Å². The molecule has 19 heavy (non-hydrogen) atoms. The maximum Gasteiger partial charge on any atom is 0.312 e. The van der Waals surface area contributed by atoms with Crippen molar-refractivity contribution in [2.24, 2.45) is 0 Å². The number of rotatable bonds is 5. The van der Waals surface area contributed by atoms with Gasteiger partial charge in [0.2, 0.25) is 0 Å². The maximum absolute atomic E-state index is 11.2. The van der Waals surface area contributed by atoms with Crippen molar-refractivity contribution < 1.29 is 9.90 Å². The molecule has 1 aliphatic rings. The molecule has 0 saturated heterocycles. The van der Waals surface area contributed by atoms with Crippen LogP contribution in [-0.4, -0.2) is 29.1 Å². The van der Waals surface area contributed by atoms with E-state index in [9.17, 15) is 9.90 Å². The molecule has 1 N–H and O–H groups in total. The van der Waals surface area contributed by atoms with Crippen LogP contribution in [0.15, 0.2) is 0 Å². The van der Waals surface area contributed by atoms with Crippen molar-refractivity contribution in [1.29, 1.82) is 5.26 Å². The van der Waals surface area contributed by atoms with E-state index in [1.54, 1.807) is 11.3 Å². The molecule has 5 nitrogen and oxygen atoms in total. The third-order valence-corrected chi connectivity index (χ3v) is 4.58. The molecule has 0 fully saturated rings. The fourth-order valence-electron chi connectivity index (χ4n) is 2.36. The number of carbonyl (C=O) groups is 1. The molecule has 102 valence electrons. The molecular formula is C13H17N3O2S. The zero-order valence-electron chi connectivity index (χ0n) is 10.9. The fraction of sp³-hybridized carbons (Fsp3) is 0.615. The average molecular weight is 279 g/mol. The van der Waals surface area contributed by atoms with Crippen molar-refractivity contribution in [2.45, 2.75) is 38.5 Å². The van der Waals surface area contributed by atoms with Gasteiger partial charge < -0.3 is 10.0 Å². The Morgan fingerprint density at radius 2 is 2.47 bits per heavy atom. The standard InChI is InChI=1S/C13H17N3O2S/c1-2-16(8-4-7-14)13-15-11-9(12(17)18)5-3-6-10(11)19-13/h9H,2-6,8H2,1H3,(H,17,18). The minimum Gasteiger partial charge on any atom is -0.481 e. The quantitative estimate of drug-likeness (QED) is 0.895. The van der Waals surface area contributed by atoms with Crippen molar-refractivity contribution >= 4 is 22.4 Å². The van der Waals surface area contributed by atoms with Gasteiger partial charge in [0.1, 0.15) is 5.92 Å². The summed E-state index contributed by atoms with van der Waals surface area (Å²) in [4.78, 5) is 18.9. The highest BCUT2D eigenvalue weighted by Crippen LogP contribution is 2.38. The normalized spacial score (nSPS) is 17.6. The summed E-state index contributed by atoms with van der Waals surface area (Å²) in [5, 5.41) is 18.8. The number of hydrogen-bond donors (Lipinski definition) is 1. The van der Waals surface area contributed by atoms with Gasteiger partial charge in [0, 0.05) is 18.0 Å². The van der Waals surface area contributed by atoms with Crippen LogP contribution in [-0.2, 0) is 11.2 Å². The van der Waals surface area contributed by atoms with Crippen LogP contribution in [0.3, 0.4) is 0 Å². The summed E-state index contributed by atoms with van der Waals surface area (Å²) < 4.78 is 0. The minimum absolute atomic E-state index is 0.455. The average Bonchev–Trinajstić information content (AvgIpc) is 2.82. The zero-order chi connectivity index (χ0) is 13.8. The number of carboxylic acid groups (broad SMARTS) is 1. The topological polar surface area (TPSA) is 77.2 Å². The zero-order valence-corrected chi connectivity index (χ0v) is 11.7. The summed E-state index contributed by atoms with van der Waals surface area (Å²) in [6.07, 6.45) is 2.97. The smallest absolute Gasteiger partial charge is 0.312 e. The Kier molecular flexibility index (Phi) is 4.38. The van der Waals surface area contributed by atoms with E-state index in [1.165, 1.54) is 0 Å². The molecule has 2 rings (SSSR count). The van der Waals surface area contributed by atoms with Crippen LogP contribution in [0.4, 0.5) is 5.13 Å². The van der Waals surface area contributed by atoms with E-state index in [0.29, 0.717) is 19.4 Å². The molecule has 1 unspecified atom stereocenters. The molecular weight excluding hydrogens is 262 g/mol. The van der Waals surface area contributed by atoms with Crippen LogP contribution in [0, 0.1) is 11.3 Å². The van der Waals surface area contributed by atoms with Crippen LogP contribution in [0.1, 0.15) is 42.7 Å². The second kappa shape index (κ2) is 6.02. The number of nitrogens with zero attached hydrogens (tertiary/aromatic N) is 3. The third kappa shape index (κ3) is 2.87. The number of carboxylic acids is 1. The van der Waals surface area contributed by atoms with Crippen molar-refractivity contribution in [2.75, 3.05) is 18.0 Å². The summed E-state index contributed by atoms with van der Waals surface area (Å²) in [6, 6.07) is 2.13. The van der Waals surface area contributed by atoms with Gasteiger partial charge in [-0.15, -0.1) is 11.3 Å². The van der Waals surface area contributed by atoms with E-state index in [-0.39, 0.29) is 0 Å². The van der Waals surface area contributed by atoms with Gasteiger partial charge in [0.25, 0.3) is 0 Å². The lowest BCUT2D eigenvalue weighted by Gasteiger charge is -2.18. The van der Waals surface area contributed by atoms with Crippen LogP contribution in [0.25, 0.3) is 0 Å². The minimum atomic E-state index is -0.780. The molecule has 0 saturated carbocycles. The lowest BCUT2D eigenvalue weighted by atomic mass is 9.91. The SMILES string of the molecule is CCN(CCC#N)c1nc2c(s1)CCCC2C(=O)O. The monoisotopic (exact) mass is 279 g/mol. The summed E-state index contributed by atoms with van der Waals surface area (Å²) >= 11 is 1.58. The van der Waals surface area contributed by atoms with E-state index >= 15 is 0 Å². The lowest BCUT2D eigenvalue weighted by Crippen LogP contribution is -2.23. The Labute approximate surface area is 116 Å². The number of thiazole rings is 1. The predicted molar refractivity (Wildman–Crippen MR) is 73.5 cm³/mol. The number of aryl methyl sites for hydroxylation is 1. The molecule has 1 aromatic heterocycles. The highest BCUT2D eigenvalue weighted by atomic mass is 32.1.